The second-order valence-electron chi connectivity index (χ2n) is 2.52. The third kappa shape index (κ3) is 2.35. The van der Waals surface area contributed by atoms with Gasteiger partial charge < -0.3 is 10.2 Å². The van der Waals surface area contributed by atoms with E-state index in [9.17, 15) is 9.90 Å². The number of hydrogen-bond acceptors (Lipinski definition) is 2. The fraction of sp³-hybridized carbons (Fsp3) is 0. The highest BCUT2D eigenvalue weighted by atomic mass is 16.4. The Balaban J connectivity index is 3.03. The van der Waals surface area contributed by atoms with Crippen molar-refractivity contribution in [3.8, 4) is 5.75 Å². The molecular formula is C10H6NO3-. The summed E-state index contributed by atoms with van der Waals surface area (Å²) in [5.41, 5.74) is 0.154. The molecule has 0 aromatic heterocycles. The van der Waals surface area contributed by atoms with E-state index in [-0.39, 0.29) is 11.4 Å². The van der Waals surface area contributed by atoms with Crippen LogP contribution in [0.3, 0.4) is 0 Å². The molecule has 0 spiro atoms. The minimum atomic E-state index is -1.27. The van der Waals surface area contributed by atoms with Crippen LogP contribution in [-0.2, 0) is 4.79 Å². The van der Waals surface area contributed by atoms with Crippen molar-refractivity contribution in [3.63, 3.8) is 0 Å². The van der Waals surface area contributed by atoms with Crippen molar-refractivity contribution < 1.29 is 15.0 Å². The van der Waals surface area contributed by atoms with Gasteiger partial charge >= 0.3 is 5.97 Å². The van der Waals surface area contributed by atoms with Crippen molar-refractivity contribution in [3.05, 3.63) is 46.9 Å². The van der Waals surface area contributed by atoms with Gasteiger partial charge in [-0.1, -0.05) is 24.3 Å². The summed E-state index contributed by atoms with van der Waals surface area (Å²) in [7, 11) is 0. The van der Waals surface area contributed by atoms with Gasteiger partial charge in [-0.3, -0.25) is 4.79 Å². The molecule has 0 radical (unpaired) electrons. The first-order valence-electron chi connectivity index (χ1n) is 3.73. The molecule has 0 fully saturated rings. The van der Waals surface area contributed by atoms with E-state index < -0.39 is 5.97 Å². The van der Waals surface area contributed by atoms with Crippen LogP contribution in [-0.4, -0.2) is 11.1 Å². The lowest BCUT2D eigenvalue weighted by Gasteiger charge is -2.03. The molecule has 0 amide bonds. The summed E-state index contributed by atoms with van der Waals surface area (Å²) in [6, 6.07) is 5.57. The Morgan fingerprint density at radius 2 is 2.00 bits per heavy atom. The Hall–Kier alpha value is -2.28. The van der Waals surface area contributed by atoms with E-state index in [1.54, 1.807) is 0 Å². The van der Waals surface area contributed by atoms with Crippen LogP contribution in [0, 0.1) is 6.57 Å². The predicted molar refractivity (Wildman–Crippen MR) is 48.1 cm³/mol. The third-order valence-electron chi connectivity index (χ3n) is 1.52. The lowest BCUT2D eigenvalue weighted by Crippen LogP contribution is -1.95. The molecule has 0 unspecified atom stereocenters. The normalized spacial score (nSPS) is 10.6. The summed E-state index contributed by atoms with van der Waals surface area (Å²) in [6.07, 6.45) is 1.22. The molecule has 0 heterocycles. The maximum Gasteiger partial charge on any atom is 0.333 e. The zero-order chi connectivity index (χ0) is 10.6. The Bertz CT molecular complexity index is 412. The summed E-state index contributed by atoms with van der Waals surface area (Å²) in [4.78, 5) is 13.3. The van der Waals surface area contributed by atoms with Crippen molar-refractivity contribution in [2.75, 3.05) is 0 Å². The van der Waals surface area contributed by atoms with Crippen molar-refractivity contribution in [1.82, 2.24) is 0 Å². The first kappa shape index (κ1) is 9.81. The summed E-state index contributed by atoms with van der Waals surface area (Å²) in [5, 5.41) is 19.3. The van der Waals surface area contributed by atoms with Crippen LogP contribution >= 0.6 is 0 Å². The number of aliphatic carboxylic acids is 1. The van der Waals surface area contributed by atoms with Gasteiger partial charge in [0.05, 0.1) is 6.57 Å². The van der Waals surface area contributed by atoms with Crippen molar-refractivity contribution in [2.24, 2.45) is 0 Å². The monoisotopic (exact) mass is 188 g/mol. The van der Waals surface area contributed by atoms with Crippen LogP contribution in [0.2, 0.25) is 0 Å². The molecule has 0 bridgehead atoms. The van der Waals surface area contributed by atoms with E-state index >= 15 is 0 Å². The minimum Gasteiger partial charge on any atom is -0.872 e. The van der Waals surface area contributed by atoms with Crippen molar-refractivity contribution in [2.45, 2.75) is 0 Å². The van der Waals surface area contributed by atoms with Crippen LogP contribution in [0.5, 0.6) is 5.75 Å². The molecule has 0 saturated carbocycles. The topological polar surface area (TPSA) is 64.7 Å². The molecule has 0 atom stereocenters. The molecule has 0 aliphatic carbocycles. The molecule has 1 N–H and O–H groups in total. The number of hydrogen-bond donors (Lipinski definition) is 1. The quantitative estimate of drug-likeness (QED) is 0.558. The maximum absolute atomic E-state index is 10.7. The zero-order valence-corrected chi connectivity index (χ0v) is 7.10. The minimum absolute atomic E-state index is 0.151. The number of nitrogens with zero attached hydrogens (tertiary/aromatic N) is 1. The van der Waals surface area contributed by atoms with E-state index in [4.69, 9.17) is 11.7 Å². The van der Waals surface area contributed by atoms with E-state index in [1.807, 2.05) is 0 Å². The second kappa shape index (κ2) is 4.10. The van der Waals surface area contributed by atoms with Crippen molar-refractivity contribution >= 4 is 12.0 Å². The smallest absolute Gasteiger partial charge is 0.333 e. The van der Waals surface area contributed by atoms with E-state index in [0.29, 0.717) is 5.56 Å². The molecule has 0 aliphatic rings. The largest absolute Gasteiger partial charge is 0.872 e. The van der Waals surface area contributed by atoms with Crippen LogP contribution < -0.4 is 5.11 Å². The summed E-state index contributed by atoms with van der Waals surface area (Å²) in [6.45, 7) is 6.60. The lowest BCUT2D eigenvalue weighted by molar-refractivity contribution is -0.268. The predicted octanol–water partition coefficient (Wildman–Crippen LogP) is 1.10. The molecule has 1 aromatic carbocycles. The first-order valence-corrected chi connectivity index (χ1v) is 3.73. The summed E-state index contributed by atoms with van der Waals surface area (Å²) < 4.78 is 0. The average Bonchev–Trinajstić information content (AvgIpc) is 2.16. The number of benzene rings is 1. The average molecular weight is 188 g/mol. The zero-order valence-electron chi connectivity index (χ0n) is 7.10. The highest BCUT2D eigenvalue weighted by Gasteiger charge is 2.05. The Kier molecular flexibility index (Phi) is 2.87. The highest BCUT2D eigenvalue weighted by molar-refractivity contribution is 5.94. The number of carboxylic acids is 1. The van der Waals surface area contributed by atoms with Gasteiger partial charge in [-0.25, -0.2) is 4.85 Å². The molecule has 0 aliphatic heterocycles. The van der Waals surface area contributed by atoms with Gasteiger partial charge in [0.15, 0.2) is 0 Å². The van der Waals surface area contributed by atoms with E-state index in [1.165, 1.54) is 30.3 Å². The molecular weight excluding hydrogens is 182 g/mol. The van der Waals surface area contributed by atoms with Gasteiger partial charge in [-0.05, 0) is 11.6 Å². The van der Waals surface area contributed by atoms with Crippen LogP contribution in [0.1, 0.15) is 5.56 Å². The Morgan fingerprint density at radius 3 is 2.43 bits per heavy atom. The van der Waals surface area contributed by atoms with Gasteiger partial charge in [-0.2, -0.15) is 0 Å². The maximum atomic E-state index is 10.7. The molecule has 70 valence electrons. The van der Waals surface area contributed by atoms with Crippen LogP contribution in [0.15, 0.2) is 30.0 Å². The van der Waals surface area contributed by atoms with Gasteiger partial charge in [0.25, 0.3) is 5.70 Å². The second-order valence-corrected chi connectivity index (χ2v) is 2.52. The standard InChI is InChI=1S/C10H7NO3/c1-11-9(10(13)14)6-7-2-4-8(12)5-3-7/h2-6,12H,(H,13,14)/p-1/b9-6+. The molecule has 4 nitrogen and oxygen atoms in total. The number of carbonyl (C=O) groups is 1. The number of rotatable bonds is 2. The van der Waals surface area contributed by atoms with Gasteiger partial charge in [0, 0.05) is 0 Å². The van der Waals surface area contributed by atoms with Gasteiger partial charge in [0.1, 0.15) is 0 Å². The molecule has 4 heteroatoms. The van der Waals surface area contributed by atoms with Crippen LogP contribution in [0.4, 0.5) is 0 Å². The van der Waals surface area contributed by atoms with Crippen LogP contribution in [0.25, 0.3) is 10.9 Å². The third-order valence-corrected chi connectivity index (χ3v) is 1.52. The lowest BCUT2D eigenvalue weighted by atomic mass is 10.2. The Morgan fingerprint density at radius 1 is 1.43 bits per heavy atom. The molecule has 0 saturated heterocycles. The molecule has 14 heavy (non-hydrogen) atoms. The van der Waals surface area contributed by atoms with Crippen molar-refractivity contribution in [1.29, 1.82) is 0 Å². The summed E-state index contributed by atoms with van der Waals surface area (Å²) >= 11 is 0. The number of carboxylic acid groups (broad SMARTS) is 1. The highest BCUT2D eigenvalue weighted by Crippen LogP contribution is 2.11. The SMILES string of the molecule is [C-]#[N+]/C(=C/c1ccc([O-])cc1)C(=O)O. The molecule has 1 rings (SSSR count). The summed E-state index contributed by atoms with van der Waals surface area (Å²) in [5.74, 6) is -1.42. The first-order chi connectivity index (χ1) is 6.63. The Labute approximate surface area is 80.6 Å². The van der Waals surface area contributed by atoms with Gasteiger partial charge in [0.2, 0.25) is 0 Å². The van der Waals surface area contributed by atoms with E-state index in [0.717, 1.165) is 0 Å². The fourth-order valence-corrected chi connectivity index (χ4v) is 0.864. The van der Waals surface area contributed by atoms with E-state index in [2.05, 4.69) is 4.85 Å². The fourth-order valence-electron chi connectivity index (χ4n) is 0.864. The molecule has 1 aromatic rings. The van der Waals surface area contributed by atoms with Gasteiger partial charge in [-0.15, -0.1) is 5.75 Å².